The number of nitrogens with one attached hydrogen (secondary N) is 1. The maximum atomic E-state index is 13.6. The first-order valence-corrected chi connectivity index (χ1v) is 6.47. The first-order chi connectivity index (χ1) is 9.47. The van der Waals surface area contributed by atoms with Crippen molar-refractivity contribution in [3.8, 4) is 0 Å². The van der Waals surface area contributed by atoms with Crippen molar-refractivity contribution in [2.75, 3.05) is 0 Å². The monoisotopic (exact) mass is 293 g/mol. The van der Waals surface area contributed by atoms with Crippen LogP contribution in [0.1, 0.15) is 28.9 Å². The Bertz CT molecular complexity index is 628. The highest BCUT2D eigenvalue weighted by Gasteiger charge is 2.15. The molecule has 2 rings (SSSR count). The summed E-state index contributed by atoms with van der Waals surface area (Å²) in [6.07, 6.45) is 0. The van der Waals surface area contributed by atoms with Crippen molar-refractivity contribution in [1.82, 2.24) is 5.32 Å². The van der Waals surface area contributed by atoms with Gasteiger partial charge in [-0.15, -0.1) is 12.6 Å². The van der Waals surface area contributed by atoms with Crippen molar-refractivity contribution < 1.29 is 13.6 Å². The van der Waals surface area contributed by atoms with Crippen LogP contribution in [0.4, 0.5) is 8.78 Å². The standard InChI is InChI=1S/C15H13F2NOS/c1-9(10-2-4-11(16)5-3-10)18-15(19)13-8-12(20)6-7-14(13)17/h2-9,20H,1H3,(H,18,19). The van der Waals surface area contributed by atoms with Gasteiger partial charge in [0.05, 0.1) is 11.6 Å². The van der Waals surface area contributed by atoms with Crippen LogP contribution in [-0.2, 0) is 0 Å². The van der Waals surface area contributed by atoms with Crippen molar-refractivity contribution >= 4 is 18.5 Å². The average molecular weight is 293 g/mol. The lowest BCUT2D eigenvalue weighted by Crippen LogP contribution is -2.27. The van der Waals surface area contributed by atoms with Crippen molar-refractivity contribution in [3.05, 3.63) is 65.2 Å². The highest BCUT2D eigenvalue weighted by molar-refractivity contribution is 7.80. The van der Waals surface area contributed by atoms with Crippen LogP contribution in [0.25, 0.3) is 0 Å². The minimum absolute atomic E-state index is 0.0635. The van der Waals surface area contributed by atoms with Gasteiger partial charge in [0.25, 0.3) is 5.91 Å². The third kappa shape index (κ3) is 3.36. The molecule has 1 unspecified atom stereocenters. The number of hydrogen-bond acceptors (Lipinski definition) is 2. The average Bonchev–Trinajstić information content (AvgIpc) is 2.42. The molecule has 5 heteroatoms. The highest BCUT2D eigenvalue weighted by Crippen LogP contribution is 2.17. The van der Waals surface area contributed by atoms with Gasteiger partial charge >= 0.3 is 0 Å². The normalized spacial score (nSPS) is 12.0. The lowest BCUT2D eigenvalue weighted by atomic mass is 10.1. The third-order valence-electron chi connectivity index (χ3n) is 2.91. The molecule has 0 fully saturated rings. The number of hydrogen-bond donors (Lipinski definition) is 2. The van der Waals surface area contributed by atoms with Gasteiger partial charge < -0.3 is 5.32 Å². The van der Waals surface area contributed by atoms with Crippen molar-refractivity contribution in [1.29, 1.82) is 0 Å². The summed E-state index contributed by atoms with van der Waals surface area (Å²) in [5.74, 6) is -1.48. The van der Waals surface area contributed by atoms with Crippen molar-refractivity contribution in [2.45, 2.75) is 17.9 Å². The molecule has 0 aliphatic carbocycles. The van der Waals surface area contributed by atoms with Gasteiger partial charge in [-0.05, 0) is 42.8 Å². The molecule has 20 heavy (non-hydrogen) atoms. The second-order valence-electron chi connectivity index (χ2n) is 4.41. The zero-order chi connectivity index (χ0) is 14.7. The van der Waals surface area contributed by atoms with E-state index in [0.717, 1.165) is 5.56 Å². The zero-order valence-electron chi connectivity index (χ0n) is 10.7. The van der Waals surface area contributed by atoms with Crippen molar-refractivity contribution in [3.63, 3.8) is 0 Å². The SMILES string of the molecule is CC(NC(=O)c1cc(S)ccc1F)c1ccc(F)cc1. The van der Waals surface area contributed by atoms with Gasteiger partial charge in [0.15, 0.2) is 0 Å². The summed E-state index contributed by atoms with van der Waals surface area (Å²) in [5.41, 5.74) is 0.675. The predicted octanol–water partition coefficient (Wildman–Crippen LogP) is 3.74. The summed E-state index contributed by atoms with van der Waals surface area (Å²) >= 11 is 4.08. The summed E-state index contributed by atoms with van der Waals surface area (Å²) in [6.45, 7) is 1.74. The van der Waals surface area contributed by atoms with E-state index in [1.54, 1.807) is 19.1 Å². The molecular formula is C15H13F2NOS. The van der Waals surface area contributed by atoms with E-state index >= 15 is 0 Å². The number of carbonyl (C=O) groups is 1. The van der Waals surface area contributed by atoms with E-state index in [4.69, 9.17) is 0 Å². The van der Waals surface area contributed by atoms with E-state index in [2.05, 4.69) is 17.9 Å². The van der Waals surface area contributed by atoms with E-state index in [9.17, 15) is 13.6 Å². The van der Waals surface area contributed by atoms with Gasteiger partial charge in [0.2, 0.25) is 0 Å². The third-order valence-corrected chi connectivity index (χ3v) is 3.19. The number of thiol groups is 1. The Morgan fingerprint density at radius 1 is 1.15 bits per heavy atom. The Hall–Kier alpha value is -1.88. The molecule has 1 amide bonds. The van der Waals surface area contributed by atoms with E-state index < -0.39 is 11.7 Å². The summed E-state index contributed by atoms with van der Waals surface area (Å²) < 4.78 is 26.4. The van der Waals surface area contributed by atoms with Crippen LogP contribution >= 0.6 is 12.6 Å². The quantitative estimate of drug-likeness (QED) is 0.829. The Balaban J connectivity index is 2.15. The molecule has 104 valence electrons. The maximum Gasteiger partial charge on any atom is 0.254 e. The molecule has 2 aromatic rings. The summed E-state index contributed by atoms with van der Waals surface area (Å²) in [7, 11) is 0. The van der Waals surface area contributed by atoms with Crippen LogP contribution in [0.2, 0.25) is 0 Å². The Kier molecular flexibility index (Phi) is 4.39. The number of carbonyl (C=O) groups excluding carboxylic acids is 1. The second kappa shape index (κ2) is 6.05. The summed E-state index contributed by atoms with van der Waals surface area (Å²) in [4.78, 5) is 12.5. The smallest absolute Gasteiger partial charge is 0.254 e. The summed E-state index contributed by atoms with van der Waals surface area (Å²) in [5, 5.41) is 2.66. The van der Waals surface area contributed by atoms with E-state index in [1.807, 2.05) is 0 Å². The number of benzene rings is 2. The molecule has 1 N–H and O–H groups in total. The van der Waals surface area contributed by atoms with Gasteiger partial charge in [-0.25, -0.2) is 8.78 Å². The first-order valence-electron chi connectivity index (χ1n) is 6.02. The van der Waals surface area contributed by atoms with Crippen LogP contribution in [0.15, 0.2) is 47.4 Å². The topological polar surface area (TPSA) is 29.1 Å². The van der Waals surface area contributed by atoms with Gasteiger partial charge in [0.1, 0.15) is 11.6 Å². The number of rotatable bonds is 3. The van der Waals surface area contributed by atoms with Crippen molar-refractivity contribution in [2.24, 2.45) is 0 Å². The molecular weight excluding hydrogens is 280 g/mol. The molecule has 0 saturated heterocycles. The maximum absolute atomic E-state index is 13.6. The van der Waals surface area contributed by atoms with Crippen LogP contribution in [0.3, 0.4) is 0 Å². The molecule has 0 heterocycles. The van der Waals surface area contributed by atoms with Gasteiger partial charge in [-0.2, -0.15) is 0 Å². The molecule has 2 aromatic carbocycles. The molecule has 2 nitrogen and oxygen atoms in total. The first kappa shape index (κ1) is 14.5. The van der Waals surface area contributed by atoms with Gasteiger partial charge in [-0.3, -0.25) is 4.79 Å². The minimum atomic E-state index is -0.605. The largest absolute Gasteiger partial charge is 0.345 e. The lowest BCUT2D eigenvalue weighted by molar-refractivity contribution is 0.0935. The van der Waals surface area contributed by atoms with E-state index in [1.165, 1.54) is 30.3 Å². The van der Waals surface area contributed by atoms with Crippen LogP contribution < -0.4 is 5.32 Å². The molecule has 0 radical (unpaired) electrons. The minimum Gasteiger partial charge on any atom is -0.345 e. The van der Waals surface area contributed by atoms with Gasteiger partial charge in [-0.1, -0.05) is 12.1 Å². The summed E-state index contributed by atoms with van der Waals surface area (Å²) in [6, 6.07) is 9.45. The van der Waals surface area contributed by atoms with Crippen LogP contribution in [-0.4, -0.2) is 5.91 Å². The molecule has 0 saturated carbocycles. The fraction of sp³-hybridized carbons (Fsp3) is 0.133. The Morgan fingerprint density at radius 2 is 1.80 bits per heavy atom. The Morgan fingerprint density at radius 3 is 2.45 bits per heavy atom. The zero-order valence-corrected chi connectivity index (χ0v) is 11.6. The molecule has 0 aliphatic rings. The van der Waals surface area contributed by atoms with E-state index in [-0.39, 0.29) is 17.4 Å². The molecule has 0 bridgehead atoms. The van der Waals surface area contributed by atoms with Gasteiger partial charge in [0, 0.05) is 4.90 Å². The molecule has 0 aliphatic heterocycles. The van der Waals surface area contributed by atoms with Crippen LogP contribution in [0.5, 0.6) is 0 Å². The van der Waals surface area contributed by atoms with Crippen LogP contribution in [0, 0.1) is 11.6 Å². The fourth-order valence-corrected chi connectivity index (χ4v) is 2.00. The molecule has 0 aromatic heterocycles. The number of halogens is 2. The second-order valence-corrected chi connectivity index (χ2v) is 4.93. The Labute approximate surface area is 121 Å². The predicted molar refractivity (Wildman–Crippen MR) is 75.9 cm³/mol. The fourth-order valence-electron chi connectivity index (χ4n) is 1.80. The molecule has 1 atom stereocenters. The number of amides is 1. The molecule has 0 spiro atoms. The lowest BCUT2D eigenvalue weighted by Gasteiger charge is -2.15. The van der Waals surface area contributed by atoms with E-state index in [0.29, 0.717) is 4.90 Å². The highest BCUT2D eigenvalue weighted by atomic mass is 32.1.